The maximum Gasteiger partial charge on any atom is 0.255 e. The van der Waals surface area contributed by atoms with Crippen molar-refractivity contribution in [3.05, 3.63) is 89.9 Å². The van der Waals surface area contributed by atoms with Crippen molar-refractivity contribution in [1.82, 2.24) is 29.9 Å². The summed E-state index contributed by atoms with van der Waals surface area (Å²) in [4.78, 5) is 46.8. The van der Waals surface area contributed by atoms with Crippen LogP contribution in [-0.2, 0) is 11.8 Å². The zero-order chi connectivity index (χ0) is 29.9. The highest BCUT2D eigenvalue weighted by Crippen LogP contribution is 2.24. The summed E-state index contributed by atoms with van der Waals surface area (Å²) in [5.41, 5.74) is 11.0. The number of hydrogen-bond donors (Lipinski definition) is 2. The van der Waals surface area contributed by atoms with Gasteiger partial charge in [0.2, 0.25) is 0 Å². The lowest BCUT2D eigenvalue weighted by Crippen LogP contribution is -2.40. The average Bonchev–Trinajstić information content (AvgIpc) is 3.70. The van der Waals surface area contributed by atoms with Crippen molar-refractivity contribution in [2.75, 3.05) is 45.1 Å². The minimum Gasteiger partial charge on any atom is -0.383 e. The van der Waals surface area contributed by atoms with E-state index in [-0.39, 0.29) is 29.6 Å². The Hall–Kier alpha value is -5.03. The van der Waals surface area contributed by atoms with E-state index < -0.39 is 0 Å². The first-order valence-electron chi connectivity index (χ1n) is 14.3. The maximum absolute atomic E-state index is 13.2. The van der Waals surface area contributed by atoms with Gasteiger partial charge in [0.15, 0.2) is 0 Å². The van der Waals surface area contributed by atoms with Crippen LogP contribution in [0.25, 0.3) is 22.3 Å². The van der Waals surface area contributed by atoms with Gasteiger partial charge in [0.1, 0.15) is 5.82 Å². The number of ether oxygens (including phenoxy) is 1. The zero-order valence-electron chi connectivity index (χ0n) is 23.9. The maximum atomic E-state index is 13.2. The van der Waals surface area contributed by atoms with Crippen molar-refractivity contribution in [3.8, 4) is 22.3 Å². The van der Waals surface area contributed by atoms with E-state index in [1.807, 2.05) is 61.8 Å². The number of amides is 3. The van der Waals surface area contributed by atoms with Crippen LogP contribution in [-0.4, -0.2) is 87.7 Å². The largest absolute Gasteiger partial charge is 0.383 e. The number of likely N-dealkylation sites (tertiary alicyclic amines) is 1. The lowest BCUT2D eigenvalue weighted by Gasteiger charge is -2.26. The Kier molecular flexibility index (Phi) is 7.89. The molecule has 11 heteroatoms. The fourth-order valence-corrected chi connectivity index (χ4v) is 5.45. The molecule has 0 unspecified atom stereocenters. The quantitative estimate of drug-likeness (QED) is 0.359. The number of benzene rings is 2. The molecule has 4 aromatic rings. The summed E-state index contributed by atoms with van der Waals surface area (Å²) >= 11 is 0. The predicted molar refractivity (Wildman–Crippen MR) is 161 cm³/mol. The number of aromatic nitrogens is 3. The number of morpholine rings is 1. The molecule has 11 nitrogen and oxygen atoms in total. The standard InChI is InChI=1S/C32H33N7O4/c1-37-19-26(18-35-37)25-16-28(29(33)34-17-25)30(40)36-27-10-11-39(20-27)32(42)24-8-4-22(5-9-24)21-2-6-23(7-3-21)31(41)38-12-14-43-15-13-38/h2-9,16-19,27H,10-15,20H2,1H3,(H2,33,34)(H,36,40)/t27-/m1/s1. The van der Waals surface area contributed by atoms with E-state index in [0.717, 1.165) is 22.3 Å². The van der Waals surface area contributed by atoms with Gasteiger partial charge in [-0.15, -0.1) is 0 Å². The van der Waals surface area contributed by atoms with Crippen molar-refractivity contribution in [3.63, 3.8) is 0 Å². The van der Waals surface area contributed by atoms with E-state index in [9.17, 15) is 14.4 Å². The van der Waals surface area contributed by atoms with Crippen LogP contribution in [0.15, 0.2) is 73.2 Å². The van der Waals surface area contributed by atoms with E-state index in [1.165, 1.54) is 0 Å². The Bertz CT molecular complexity index is 1640. The topological polar surface area (TPSA) is 136 Å². The molecular formula is C32H33N7O4. The number of carbonyl (C=O) groups is 3. The van der Waals surface area contributed by atoms with Crippen LogP contribution in [0.3, 0.4) is 0 Å². The molecule has 3 N–H and O–H groups in total. The molecule has 43 heavy (non-hydrogen) atoms. The number of anilines is 1. The van der Waals surface area contributed by atoms with Crippen LogP contribution >= 0.6 is 0 Å². The average molecular weight is 580 g/mol. The lowest BCUT2D eigenvalue weighted by molar-refractivity contribution is 0.0303. The molecule has 220 valence electrons. The molecule has 0 spiro atoms. The van der Waals surface area contributed by atoms with Gasteiger partial charge in [-0.1, -0.05) is 24.3 Å². The van der Waals surface area contributed by atoms with Crippen LogP contribution in [0.1, 0.15) is 37.5 Å². The van der Waals surface area contributed by atoms with E-state index in [1.54, 1.807) is 32.9 Å². The second kappa shape index (κ2) is 12.1. The Morgan fingerprint density at radius 2 is 1.47 bits per heavy atom. The summed E-state index contributed by atoms with van der Waals surface area (Å²) in [6.07, 6.45) is 5.80. The molecule has 2 fully saturated rings. The van der Waals surface area contributed by atoms with Crippen molar-refractivity contribution in [1.29, 1.82) is 0 Å². The van der Waals surface area contributed by atoms with Gasteiger partial charge in [-0.2, -0.15) is 5.10 Å². The van der Waals surface area contributed by atoms with Crippen molar-refractivity contribution >= 4 is 23.5 Å². The summed E-state index contributed by atoms with van der Waals surface area (Å²) in [6.45, 7) is 3.28. The number of aryl methyl sites for hydroxylation is 1. The third-order valence-electron chi connectivity index (χ3n) is 7.91. The fraction of sp³-hybridized carbons (Fsp3) is 0.281. The summed E-state index contributed by atoms with van der Waals surface area (Å²) in [5, 5.41) is 7.18. The van der Waals surface area contributed by atoms with Crippen LogP contribution in [0.4, 0.5) is 5.82 Å². The van der Waals surface area contributed by atoms with Crippen molar-refractivity contribution in [2.24, 2.45) is 7.05 Å². The van der Waals surface area contributed by atoms with E-state index in [0.29, 0.717) is 62.5 Å². The molecule has 1 atom stereocenters. The van der Waals surface area contributed by atoms with E-state index in [4.69, 9.17) is 10.5 Å². The van der Waals surface area contributed by atoms with E-state index >= 15 is 0 Å². The highest BCUT2D eigenvalue weighted by atomic mass is 16.5. The van der Waals surface area contributed by atoms with Gasteiger partial charge in [-0.25, -0.2) is 4.98 Å². The highest BCUT2D eigenvalue weighted by molar-refractivity contribution is 6.00. The second-order valence-corrected chi connectivity index (χ2v) is 10.8. The molecular weight excluding hydrogens is 546 g/mol. The van der Waals surface area contributed by atoms with Crippen molar-refractivity contribution in [2.45, 2.75) is 12.5 Å². The van der Waals surface area contributed by atoms with Crippen LogP contribution in [0.5, 0.6) is 0 Å². The molecule has 6 rings (SSSR count). The Balaban J connectivity index is 1.06. The third kappa shape index (κ3) is 6.12. The zero-order valence-corrected chi connectivity index (χ0v) is 23.9. The number of nitrogens with two attached hydrogens (primary N) is 1. The number of carbonyl (C=O) groups excluding carboxylic acids is 3. The SMILES string of the molecule is Cn1cc(-c2cnc(N)c(C(=O)N[C@@H]3CCN(C(=O)c4ccc(-c5ccc(C(=O)N6CCOCC6)cc5)cc4)C3)c2)cn1. The Labute approximate surface area is 249 Å². The molecule has 0 radical (unpaired) electrons. The van der Waals surface area contributed by atoms with Crippen molar-refractivity contribution < 1.29 is 19.1 Å². The molecule has 0 bridgehead atoms. The number of nitrogens with zero attached hydrogens (tertiary/aromatic N) is 5. The van der Waals surface area contributed by atoms with Gasteiger partial charge in [0.25, 0.3) is 17.7 Å². The first-order valence-corrected chi connectivity index (χ1v) is 14.3. The minimum absolute atomic E-state index is 0.00860. The molecule has 2 aliphatic rings. The first-order chi connectivity index (χ1) is 20.9. The molecule has 4 heterocycles. The second-order valence-electron chi connectivity index (χ2n) is 10.8. The van der Waals surface area contributed by atoms with E-state index in [2.05, 4.69) is 15.4 Å². The molecule has 0 aliphatic carbocycles. The monoisotopic (exact) mass is 579 g/mol. The first kappa shape index (κ1) is 28.1. The molecule has 2 aromatic heterocycles. The van der Waals surface area contributed by atoms with Crippen LogP contribution < -0.4 is 11.1 Å². The lowest BCUT2D eigenvalue weighted by atomic mass is 10.0. The smallest absolute Gasteiger partial charge is 0.255 e. The molecule has 0 saturated carbocycles. The number of nitrogens with one attached hydrogen (secondary N) is 1. The van der Waals surface area contributed by atoms with Crippen LogP contribution in [0.2, 0.25) is 0 Å². The predicted octanol–water partition coefficient (Wildman–Crippen LogP) is 2.85. The minimum atomic E-state index is -0.322. The number of nitrogen functional groups attached to an aromatic ring is 1. The van der Waals surface area contributed by atoms with Gasteiger partial charge >= 0.3 is 0 Å². The summed E-state index contributed by atoms with van der Waals surface area (Å²) in [5.74, 6) is -0.254. The molecule has 2 aromatic carbocycles. The van der Waals surface area contributed by atoms with Crippen LogP contribution in [0, 0.1) is 0 Å². The normalized spacial score (nSPS) is 16.7. The molecule has 2 saturated heterocycles. The summed E-state index contributed by atoms with van der Waals surface area (Å²) in [7, 11) is 1.82. The van der Waals surface area contributed by atoms with Gasteiger partial charge in [-0.05, 0) is 47.9 Å². The van der Waals surface area contributed by atoms with Gasteiger partial charge in [-0.3, -0.25) is 19.1 Å². The van der Waals surface area contributed by atoms with Gasteiger partial charge < -0.3 is 25.6 Å². The Morgan fingerprint density at radius 3 is 2.07 bits per heavy atom. The highest BCUT2D eigenvalue weighted by Gasteiger charge is 2.29. The molecule has 3 amide bonds. The van der Waals surface area contributed by atoms with Gasteiger partial charge in [0, 0.05) is 73.9 Å². The molecule has 2 aliphatic heterocycles. The third-order valence-corrected chi connectivity index (χ3v) is 7.91. The Morgan fingerprint density at radius 1 is 0.837 bits per heavy atom. The number of hydrogen-bond acceptors (Lipinski definition) is 7. The van der Waals surface area contributed by atoms with Gasteiger partial charge in [0.05, 0.1) is 25.0 Å². The number of pyridine rings is 1. The summed E-state index contributed by atoms with van der Waals surface area (Å²) in [6, 6.07) is 16.5. The summed E-state index contributed by atoms with van der Waals surface area (Å²) < 4.78 is 7.01. The number of rotatable bonds is 6. The fourth-order valence-electron chi connectivity index (χ4n) is 5.45.